The first-order valence-corrected chi connectivity index (χ1v) is 7.80. The summed E-state index contributed by atoms with van der Waals surface area (Å²) < 4.78 is 5.54. The molecule has 3 aliphatic rings. The number of ether oxygens (including phenoxy) is 1. The molecule has 110 valence electrons. The molecule has 3 heteroatoms. The van der Waals surface area contributed by atoms with Gasteiger partial charge >= 0.3 is 0 Å². The quantitative estimate of drug-likeness (QED) is 0.917. The largest absolute Gasteiger partial charge is 0.494 e. The Morgan fingerprint density at radius 2 is 2.00 bits per heavy atom. The van der Waals surface area contributed by atoms with Gasteiger partial charge in [-0.2, -0.15) is 0 Å². The van der Waals surface area contributed by atoms with Gasteiger partial charge in [0, 0.05) is 24.8 Å². The molecular weight excluding hydrogens is 248 g/mol. The molecule has 20 heavy (non-hydrogen) atoms. The van der Waals surface area contributed by atoms with E-state index in [0.717, 1.165) is 31.4 Å². The van der Waals surface area contributed by atoms with Crippen molar-refractivity contribution in [3.63, 3.8) is 0 Å². The summed E-state index contributed by atoms with van der Waals surface area (Å²) in [6.45, 7) is 11.0. The minimum atomic E-state index is 0.380. The molecule has 3 fully saturated rings. The molecular formula is C17H26N2O. The Morgan fingerprint density at radius 1 is 1.25 bits per heavy atom. The number of nitrogens with zero attached hydrogens (tertiary/aromatic N) is 1. The van der Waals surface area contributed by atoms with Crippen LogP contribution in [0.3, 0.4) is 0 Å². The highest BCUT2D eigenvalue weighted by Crippen LogP contribution is 2.41. The molecule has 3 heterocycles. The van der Waals surface area contributed by atoms with Gasteiger partial charge in [-0.15, -0.1) is 0 Å². The van der Waals surface area contributed by atoms with Crippen LogP contribution in [0.2, 0.25) is 0 Å². The summed E-state index contributed by atoms with van der Waals surface area (Å²) >= 11 is 0. The van der Waals surface area contributed by atoms with Gasteiger partial charge in [0.1, 0.15) is 5.75 Å². The summed E-state index contributed by atoms with van der Waals surface area (Å²) in [6, 6.07) is 9.19. The molecule has 0 aromatic heterocycles. The van der Waals surface area contributed by atoms with Crippen LogP contribution in [0.1, 0.15) is 27.2 Å². The molecule has 2 bridgehead atoms. The van der Waals surface area contributed by atoms with Crippen LogP contribution in [0, 0.1) is 11.3 Å². The highest BCUT2D eigenvalue weighted by atomic mass is 16.5. The lowest BCUT2D eigenvalue weighted by Crippen LogP contribution is -2.53. The molecule has 0 spiro atoms. The van der Waals surface area contributed by atoms with Gasteiger partial charge in [-0.25, -0.2) is 0 Å². The van der Waals surface area contributed by atoms with Crippen LogP contribution >= 0.6 is 0 Å². The Balaban J connectivity index is 1.85. The van der Waals surface area contributed by atoms with E-state index in [2.05, 4.69) is 48.3 Å². The molecule has 0 amide bonds. The van der Waals surface area contributed by atoms with Crippen LogP contribution in [-0.4, -0.2) is 32.3 Å². The first kappa shape index (κ1) is 13.7. The first-order chi connectivity index (χ1) is 9.60. The maximum Gasteiger partial charge on any atom is 0.119 e. The van der Waals surface area contributed by atoms with Crippen molar-refractivity contribution in [2.24, 2.45) is 11.3 Å². The van der Waals surface area contributed by atoms with Crippen molar-refractivity contribution in [1.82, 2.24) is 5.32 Å². The van der Waals surface area contributed by atoms with Gasteiger partial charge < -0.3 is 15.0 Å². The third kappa shape index (κ3) is 2.51. The molecule has 1 aromatic rings. The number of nitrogens with one attached hydrogen (secondary N) is 1. The topological polar surface area (TPSA) is 24.5 Å². The van der Waals surface area contributed by atoms with E-state index in [1.54, 1.807) is 0 Å². The van der Waals surface area contributed by atoms with Crippen LogP contribution < -0.4 is 15.0 Å². The Morgan fingerprint density at radius 3 is 2.70 bits per heavy atom. The van der Waals surface area contributed by atoms with Crippen molar-refractivity contribution in [2.45, 2.75) is 33.2 Å². The number of benzene rings is 1. The Hall–Kier alpha value is -1.22. The second-order valence-electron chi connectivity index (χ2n) is 6.81. The first-order valence-electron chi connectivity index (χ1n) is 7.80. The zero-order valence-electron chi connectivity index (χ0n) is 12.9. The predicted octanol–water partition coefficient (Wildman–Crippen LogP) is 2.91. The number of piperidine rings is 1. The molecule has 0 radical (unpaired) electrons. The van der Waals surface area contributed by atoms with Crippen LogP contribution in [0.4, 0.5) is 5.69 Å². The van der Waals surface area contributed by atoms with Gasteiger partial charge in [0.05, 0.1) is 6.61 Å². The summed E-state index contributed by atoms with van der Waals surface area (Å²) in [5, 5.41) is 3.63. The second kappa shape index (κ2) is 5.28. The highest BCUT2D eigenvalue weighted by Gasteiger charge is 2.43. The van der Waals surface area contributed by atoms with E-state index in [-0.39, 0.29) is 0 Å². The fourth-order valence-electron chi connectivity index (χ4n) is 3.91. The molecule has 1 aromatic carbocycles. The van der Waals surface area contributed by atoms with Crippen molar-refractivity contribution in [3.05, 3.63) is 24.3 Å². The lowest BCUT2D eigenvalue weighted by atomic mass is 9.73. The van der Waals surface area contributed by atoms with Gasteiger partial charge in [0.2, 0.25) is 0 Å². The lowest BCUT2D eigenvalue weighted by molar-refractivity contribution is 0.192. The molecule has 2 unspecified atom stereocenters. The van der Waals surface area contributed by atoms with E-state index in [4.69, 9.17) is 4.74 Å². The molecule has 3 saturated heterocycles. The van der Waals surface area contributed by atoms with Gasteiger partial charge in [-0.05, 0) is 55.5 Å². The van der Waals surface area contributed by atoms with Gasteiger partial charge in [-0.1, -0.05) is 13.8 Å². The smallest absolute Gasteiger partial charge is 0.119 e. The number of rotatable bonds is 3. The molecule has 4 rings (SSSR count). The number of hydrogen-bond donors (Lipinski definition) is 1. The normalized spacial score (nSPS) is 28.2. The van der Waals surface area contributed by atoms with Crippen LogP contribution in [-0.2, 0) is 0 Å². The van der Waals surface area contributed by atoms with Crippen molar-refractivity contribution < 1.29 is 4.74 Å². The SMILES string of the molecule is CCOc1ccc(N2CC3CNCC2C(C)(C)C3)cc1. The predicted molar refractivity (Wildman–Crippen MR) is 83.5 cm³/mol. The van der Waals surface area contributed by atoms with Crippen LogP contribution in [0.25, 0.3) is 0 Å². The Labute approximate surface area is 122 Å². The van der Waals surface area contributed by atoms with E-state index in [1.165, 1.54) is 18.7 Å². The summed E-state index contributed by atoms with van der Waals surface area (Å²) in [5.41, 5.74) is 1.71. The monoisotopic (exact) mass is 274 g/mol. The highest BCUT2D eigenvalue weighted by molar-refractivity contribution is 5.51. The summed E-state index contributed by atoms with van der Waals surface area (Å²) in [5.74, 6) is 1.73. The van der Waals surface area contributed by atoms with Gasteiger partial charge in [0.25, 0.3) is 0 Å². The number of anilines is 1. The number of fused-ring (bicyclic) bond motifs is 4. The van der Waals surface area contributed by atoms with Gasteiger partial charge in [0.15, 0.2) is 0 Å². The van der Waals surface area contributed by atoms with Crippen LogP contribution in [0.5, 0.6) is 5.75 Å². The molecule has 1 N–H and O–H groups in total. The van der Waals surface area contributed by atoms with Crippen molar-refractivity contribution >= 4 is 5.69 Å². The Bertz CT molecular complexity index is 455. The van der Waals surface area contributed by atoms with E-state index < -0.39 is 0 Å². The standard InChI is InChI=1S/C17H26N2O/c1-4-20-15-7-5-14(6-8-15)19-12-13-9-17(2,3)16(19)11-18-10-13/h5-8,13,16,18H,4,9-12H2,1-3H3. The maximum atomic E-state index is 5.54. The fraction of sp³-hybridized carbons (Fsp3) is 0.647. The van der Waals surface area contributed by atoms with E-state index in [0.29, 0.717) is 11.5 Å². The number of hydrogen-bond acceptors (Lipinski definition) is 3. The van der Waals surface area contributed by atoms with Crippen molar-refractivity contribution in [3.8, 4) is 5.75 Å². The molecule has 0 saturated carbocycles. The molecule has 3 aliphatic heterocycles. The molecule has 3 nitrogen and oxygen atoms in total. The molecule has 2 atom stereocenters. The van der Waals surface area contributed by atoms with Crippen LogP contribution in [0.15, 0.2) is 24.3 Å². The zero-order valence-corrected chi connectivity index (χ0v) is 12.9. The average Bonchev–Trinajstić information content (AvgIpc) is 2.70. The third-order valence-corrected chi connectivity index (χ3v) is 4.80. The fourth-order valence-corrected chi connectivity index (χ4v) is 3.91. The third-order valence-electron chi connectivity index (χ3n) is 4.80. The summed E-state index contributed by atoms with van der Waals surface area (Å²) in [7, 11) is 0. The zero-order chi connectivity index (χ0) is 14.2. The van der Waals surface area contributed by atoms with Crippen molar-refractivity contribution in [2.75, 3.05) is 31.1 Å². The average molecular weight is 274 g/mol. The minimum Gasteiger partial charge on any atom is -0.494 e. The second-order valence-corrected chi connectivity index (χ2v) is 6.81. The van der Waals surface area contributed by atoms with E-state index in [1.807, 2.05) is 6.92 Å². The van der Waals surface area contributed by atoms with E-state index in [9.17, 15) is 0 Å². The summed E-state index contributed by atoms with van der Waals surface area (Å²) in [4.78, 5) is 2.60. The Kier molecular flexibility index (Phi) is 3.63. The lowest BCUT2D eigenvalue weighted by Gasteiger charge is -2.48. The van der Waals surface area contributed by atoms with Crippen molar-refractivity contribution in [1.29, 1.82) is 0 Å². The van der Waals surface area contributed by atoms with E-state index >= 15 is 0 Å². The maximum absolute atomic E-state index is 5.54. The van der Waals surface area contributed by atoms with Gasteiger partial charge in [-0.3, -0.25) is 0 Å². The minimum absolute atomic E-state index is 0.380. The molecule has 0 aliphatic carbocycles. The summed E-state index contributed by atoms with van der Waals surface area (Å²) in [6.07, 6.45) is 1.33.